The van der Waals surface area contributed by atoms with E-state index in [0.717, 1.165) is 23.4 Å². The zero-order valence-electron chi connectivity index (χ0n) is 10.9. The highest BCUT2D eigenvalue weighted by molar-refractivity contribution is 6.49. The molecule has 2 aromatic rings. The van der Waals surface area contributed by atoms with Crippen molar-refractivity contribution in [1.82, 2.24) is 4.98 Å². The second-order valence-electron chi connectivity index (χ2n) is 4.36. The van der Waals surface area contributed by atoms with Gasteiger partial charge in [-0.15, -0.1) is 0 Å². The molecule has 1 aromatic heterocycles. The van der Waals surface area contributed by atoms with E-state index in [1.165, 1.54) is 22.0 Å². The molecule has 0 spiro atoms. The Labute approximate surface area is 113 Å². The van der Waals surface area contributed by atoms with E-state index in [0.29, 0.717) is 6.54 Å². The molecule has 1 aromatic carbocycles. The van der Waals surface area contributed by atoms with Gasteiger partial charge >= 0.3 is 0 Å². The van der Waals surface area contributed by atoms with Crippen LogP contribution in [-0.4, -0.2) is 11.5 Å². The fourth-order valence-electron chi connectivity index (χ4n) is 2.43. The fraction of sp³-hybridized carbons (Fsp3) is 0.333. The van der Waals surface area contributed by atoms with Crippen LogP contribution >= 0.6 is 11.6 Å². The molecule has 0 amide bonds. The van der Waals surface area contributed by atoms with Crippen LogP contribution in [0.25, 0.3) is 15.9 Å². The van der Waals surface area contributed by atoms with E-state index in [1.807, 2.05) is 13.0 Å². The van der Waals surface area contributed by atoms with Crippen molar-refractivity contribution in [1.29, 1.82) is 0 Å². The van der Waals surface area contributed by atoms with Crippen molar-refractivity contribution >= 4 is 27.5 Å². The summed E-state index contributed by atoms with van der Waals surface area (Å²) in [7, 11) is 0. The molecular weight excluding hydrogens is 244 g/mol. The van der Waals surface area contributed by atoms with Gasteiger partial charge in [0.05, 0.1) is 0 Å². The number of hydrogen-bond acceptors (Lipinski definition) is 1. The van der Waals surface area contributed by atoms with Crippen molar-refractivity contribution in [2.45, 2.75) is 26.7 Å². The minimum atomic E-state index is 0.672. The van der Waals surface area contributed by atoms with Gasteiger partial charge < -0.3 is 10.7 Å². The van der Waals surface area contributed by atoms with Gasteiger partial charge in [0.1, 0.15) is 0 Å². The maximum Gasteiger partial charge on any atom is 0.0495 e. The molecule has 3 heteroatoms. The summed E-state index contributed by atoms with van der Waals surface area (Å²) in [6.45, 7) is 4.79. The van der Waals surface area contributed by atoms with Crippen molar-refractivity contribution in [3.8, 4) is 0 Å². The summed E-state index contributed by atoms with van der Waals surface area (Å²) in [6, 6.07) is 4.24. The Bertz CT molecular complexity index is 581. The van der Waals surface area contributed by atoms with E-state index in [4.69, 9.17) is 17.3 Å². The number of halogens is 1. The first-order valence-corrected chi connectivity index (χ1v) is 6.74. The summed E-state index contributed by atoms with van der Waals surface area (Å²) >= 11 is 6.27. The van der Waals surface area contributed by atoms with Crippen molar-refractivity contribution < 1.29 is 0 Å². The zero-order valence-corrected chi connectivity index (χ0v) is 11.6. The molecule has 0 aliphatic carbocycles. The predicted octanol–water partition coefficient (Wildman–Crippen LogP) is 3.83. The quantitative estimate of drug-likeness (QED) is 0.864. The summed E-state index contributed by atoms with van der Waals surface area (Å²) < 4.78 is 0. The van der Waals surface area contributed by atoms with Gasteiger partial charge in [0.25, 0.3) is 0 Å². The van der Waals surface area contributed by atoms with Gasteiger partial charge in [-0.2, -0.15) is 0 Å². The number of hydrogen-bond donors (Lipinski definition) is 2. The SMILES string of the molecule is CC=C(Cl)c1ccc2c(CCN)c[nH]c2c1CC. The lowest BCUT2D eigenvalue weighted by Gasteiger charge is -2.09. The van der Waals surface area contributed by atoms with Crippen molar-refractivity contribution in [3.63, 3.8) is 0 Å². The molecule has 0 bridgehead atoms. The molecule has 0 saturated carbocycles. The third kappa shape index (κ3) is 2.18. The second kappa shape index (κ2) is 5.59. The topological polar surface area (TPSA) is 41.8 Å². The fourth-order valence-corrected chi connectivity index (χ4v) is 2.60. The Morgan fingerprint density at radius 2 is 2.22 bits per heavy atom. The first-order valence-electron chi connectivity index (χ1n) is 6.37. The van der Waals surface area contributed by atoms with Crippen LogP contribution in [0.2, 0.25) is 0 Å². The Hall–Kier alpha value is -1.25. The molecule has 1 heterocycles. The van der Waals surface area contributed by atoms with Crippen LogP contribution in [0.1, 0.15) is 30.5 Å². The number of allylic oxidation sites excluding steroid dienone is 1. The first-order chi connectivity index (χ1) is 8.72. The second-order valence-corrected chi connectivity index (χ2v) is 4.76. The molecule has 0 radical (unpaired) electrons. The van der Waals surface area contributed by atoms with Crippen molar-refractivity contribution in [3.05, 3.63) is 41.1 Å². The lowest BCUT2D eigenvalue weighted by atomic mass is 9.99. The Balaban J connectivity index is 2.66. The van der Waals surface area contributed by atoms with Crippen molar-refractivity contribution in [2.24, 2.45) is 5.73 Å². The largest absolute Gasteiger partial charge is 0.361 e. The molecule has 3 N–H and O–H groups in total. The van der Waals surface area contributed by atoms with Gasteiger partial charge in [0.2, 0.25) is 0 Å². The average Bonchev–Trinajstić information content (AvgIpc) is 2.80. The molecule has 0 unspecified atom stereocenters. The Kier molecular flexibility index (Phi) is 4.10. The molecule has 0 aliphatic rings. The van der Waals surface area contributed by atoms with Crippen LogP contribution in [-0.2, 0) is 12.8 Å². The number of fused-ring (bicyclic) bond motifs is 1. The minimum Gasteiger partial charge on any atom is -0.361 e. The van der Waals surface area contributed by atoms with E-state index in [1.54, 1.807) is 0 Å². The van der Waals surface area contributed by atoms with E-state index in [9.17, 15) is 0 Å². The lowest BCUT2D eigenvalue weighted by Crippen LogP contribution is -2.01. The normalized spacial score (nSPS) is 12.3. The molecular formula is C15H19ClN2. The number of nitrogens with two attached hydrogens (primary N) is 1. The molecule has 96 valence electrons. The minimum absolute atomic E-state index is 0.672. The van der Waals surface area contributed by atoms with Crippen LogP contribution in [0.4, 0.5) is 0 Å². The molecule has 2 nitrogen and oxygen atoms in total. The number of aromatic nitrogens is 1. The summed E-state index contributed by atoms with van der Waals surface area (Å²) in [6.07, 6.45) is 5.86. The molecule has 0 atom stereocenters. The van der Waals surface area contributed by atoms with Gasteiger partial charge in [-0.05, 0) is 43.0 Å². The van der Waals surface area contributed by atoms with E-state index in [-0.39, 0.29) is 0 Å². The van der Waals surface area contributed by atoms with Crippen LogP contribution in [0.5, 0.6) is 0 Å². The van der Waals surface area contributed by atoms with Gasteiger partial charge in [-0.3, -0.25) is 0 Å². The lowest BCUT2D eigenvalue weighted by molar-refractivity contribution is 0.976. The first kappa shape index (κ1) is 13.2. The highest BCUT2D eigenvalue weighted by Gasteiger charge is 2.11. The number of rotatable bonds is 4. The number of aromatic amines is 1. The summed E-state index contributed by atoms with van der Waals surface area (Å²) in [5, 5.41) is 2.07. The highest BCUT2D eigenvalue weighted by Crippen LogP contribution is 2.31. The van der Waals surface area contributed by atoms with Crippen LogP contribution in [0.3, 0.4) is 0 Å². The summed E-state index contributed by atoms with van der Waals surface area (Å²) in [5.41, 5.74) is 10.5. The monoisotopic (exact) mass is 262 g/mol. The van der Waals surface area contributed by atoms with Gasteiger partial charge in [-0.1, -0.05) is 36.7 Å². The van der Waals surface area contributed by atoms with Crippen LogP contribution in [0.15, 0.2) is 24.4 Å². The van der Waals surface area contributed by atoms with E-state index >= 15 is 0 Å². The van der Waals surface area contributed by atoms with E-state index in [2.05, 4.69) is 30.2 Å². The Morgan fingerprint density at radius 1 is 1.44 bits per heavy atom. The zero-order chi connectivity index (χ0) is 13.1. The highest BCUT2D eigenvalue weighted by atomic mass is 35.5. The molecule has 0 aliphatic heterocycles. The van der Waals surface area contributed by atoms with E-state index < -0.39 is 0 Å². The molecule has 2 rings (SSSR count). The van der Waals surface area contributed by atoms with Crippen LogP contribution in [0, 0.1) is 0 Å². The van der Waals surface area contributed by atoms with Gasteiger partial charge in [0, 0.05) is 22.1 Å². The van der Waals surface area contributed by atoms with Crippen molar-refractivity contribution in [2.75, 3.05) is 6.54 Å². The maximum absolute atomic E-state index is 6.27. The summed E-state index contributed by atoms with van der Waals surface area (Å²) in [5.74, 6) is 0. The maximum atomic E-state index is 6.27. The smallest absolute Gasteiger partial charge is 0.0495 e. The van der Waals surface area contributed by atoms with Gasteiger partial charge in [0.15, 0.2) is 0 Å². The number of H-pyrrole nitrogens is 1. The molecule has 18 heavy (non-hydrogen) atoms. The number of nitrogens with one attached hydrogen (secondary N) is 1. The Morgan fingerprint density at radius 3 is 2.83 bits per heavy atom. The third-order valence-corrected chi connectivity index (χ3v) is 3.75. The number of benzene rings is 1. The van der Waals surface area contributed by atoms with Gasteiger partial charge in [-0.25, -0.2) is 0 Å². The standard InChI is InChI=1S/C15H19ClN2/c1-3-11-13(14(16)4-2)6-5-12-10(7-8-17)9-18-15(11)12/h4-6,9,18H,3,7-8,17H2,1-2H3. The third-order valence-electron chi connectivity index (χ3n) is 3.33. The predicted molar refractivity (Wildman–Crippen MR) is 79.9 cm³/mol. The summed E-state index contributed by atoms with van der Waals surface area (Å²) in [4.78, 5) is 3.37. The van der Waals surface area contributed by atoms with Crippen LogP contribution < -0.4 is 5.73 Å². The average molecular weight is 263 g/mol. The molecule has 0 fully saturated rings. The molecule has 0 saturated heterocycles. The number of aryl methyl sites for hydroxylation is 1.